The van der Waals surface area contributed by atoms with Crippen molar-refractivity contribution in [2.75, 3.05) is 17.7 Å². The van der Waals surface area contributed by atoms with Crippen LogP contribution in [0.15, 0.2) is 29.2 Å². The fourth-order valence-corrected chi connectivity index (χ4v) is 4.23. The van der Waals surface area contributed by atoms with E-state index in [0.29, 0.717) is 29.0 Å². The Balaban J connectivity index is 1.68. The van der Waals surface area contributed by atoms with Crippen LogP contribution >= 0.6 is 11.8 Å². The molecule has 28 heavy (non-hydrogen) atoms. The third-order valence-corrected chi connectivity index (χ3v) is 5.81. The molecule has 0 atom stereocenters. The number of carbonyl (C=O) groups is 3. The second kappa shape index (κ2) is 8.65. The van der Waals surface area contributed by atoms with Crippen LogP contribution in [0, 0.1) is 13.8 Å². The average Bonchev–Trinajstić information content (AvgIpc) is 2.84. The van der Waals surface area contributed by atoms with Crippen LogP contribution in [0.25, 0.3) is 0 Å². The van der Waals surface area contributed by atoms with Crippen molar-refractivity contribution in [2.45, 2.75) is 45.1 Å². The third kappa shape index (κ3) is 4.30. The Kier molecular flexibility index (Phi) is 6.24. The number of hydrogen-bond acceptors (Lipinski definition) is 5. The molecule has 1 amide bonds. The predicted octanol–water partition coefficient (Wildman–Crippen LogP) is 3.99. The summed E-state index contributed by atoms with van der Waals surface area (Å²) in [4.78, 5) is 37.6. The van der Waals surface area contributed by atoms with Crippen LogP contribution in [0.5, 0.6) is 0 Å². The number of nitrogens with one attached hydrogen (secondary N) is 1. The monoisotopic (exact) mass is 400 g/mol. The molecular formula is C21H24N2O4S. The molecule has 0 saturated carbocycles. The van der Waals surface area contributed by atoms with Crippen molar-refractivity contribution in [3.8, 4) is 0 Å². The van der Waals surface area contributed by atoms with Crippen molar-refractivity contribution >= 4 is 35.1 Å². The number of rotatable bonds is 6. The molecule has 0 spiro atoms. The summed E-state index contributed by atoms with van der Waals surface area (Å²) in [5, 5.41) is 2.80. The van der Waals surface area contributed by atoms with E-state index in [1.807, 2.05) is 19.9 Å². The Morgan fingerprint density at radius 1 is 1.25 bits per heavy atom. The number of anilines is 1. The van der Waals surface area contributed by atoms with E-state index >= 15 is 0 Å². The standard InChI is InChI=1S/C21H24N2O4S/c1-4-8-23-13(2)10-16(14(23)3)18(24)12-27-21(26)15-5-6-19-17(11-15)22-20(25)7-9-28-19/h5-6,10-11H,4,7-9,12H2,1-3H3,(H,22,25). The van der Waals surface area contributed by atoms with E-state index in [1.165, 1.54) is 0 Å². The van der Waals surface area contributed by atoms with E-state index in [-0.39, 0.29) is 18.3 Å². The number of ketones is 1. The van der Waals surface area contributed by atoms with Gasteiger partial charge in [0.2, 0.25) is 11.7 Å². The highest BCUT2D eigenvalue weighted by Crippen LogP contribution is 2.31. The van der Waals surface area contributed by atoms with Gasteiger partial charge < -0.3 is 14.6 Å². The highest BCUT2D eigenvalue weighted by molar-refractivity contribution is 7.99. The van der Waals surface area contributed by atoms with Gasteiger partial charge in [-0.05, 0) is 44.5 Å². The molecule has 2 heterocycles. The number of nitrogens with zero attached hydrogens (tertiary/aromatic N) is 1. The lowest BCUT2D eigenvalue weighted by Crippen LogP contribution is -2.16. The lowest BCUT2D eigenvalue weighted by atomic mass is 10.1. The van der Waals surface area contributed by atoms with E-state index in [4.69, 9.17) is 4.74 Å². The molecule has 0 radical (unpaired) electrons. The predicted molar refractivity (Wildman–Crippen MR) is 109 cm³/mol. The Bertz CT molecular complexity index is 933. The van der Waals surface area contributed by atoms with E-state index in [9.17, 15) is 14.4 Å². The fourth-order valence-electron chi connectivity index (χ4n) is 3.29. The van der Waals surface area contributed by atoms with E-state index in [2.05, 4.69) is 16.8 Å². The van der Waals surface area contributed by atoms with Crippen molar-refractivity contribution in [1.29, 1.82) is 0 Å². The Morgan fingerprint density at radius 2 is 2.04 bits per heavy atom. The second-order valence-corrected chi connectivity index (χ2v) is 7.93. The Morgan fingerprint density at radius 3 is 2.79 bits per heavy atom. The highest BCUT2D eigenvalue weighted by Gasteiger charge is 2.19. The molecule has 1 N–H and O–H groups in total. The molecule has 3 rings (SSSR count). The molecule has 7 heteroatoms. The molecule has 1 aromatic heterocycles. The number of benzene rings is 1. The summed E-state index contributed by atoms with van der Waals surface area (Å²) in [6.07, 6.45) is 1.41. The fraction of sp³-hybridized carbons (Fsp3) is 0.381. The molecule has 1 aliphatic rings. The quantitative estimate of drug-likeness (QED) is 0.586. The van der Waals surface area contributed by atoms with Crippen LogP contribution in [-0.4, -0.2) is 34.6 Å². The van der Waals surface area contributed by atoms with Gasteiger partial charge in [0, 0.05) is 40.6 Å². The number of aromatic nitrogens is 1. The maximum absolute atomic E-state index is 12.5. The van der Waals surface area contributed by atoms with Gasteiger partial charge in [0.1, 0.15) is 0 Å². The van der Waals surface area contributed by atoms with Gasteiger partial charge in [-0.3, -0.25) is 9.59 Å². The number of Topliss-reactive ketones (excluding diaryl/α,β-unsaturated/α-hetero) is 1. The number of fused-ring (bicyclic) bond motifs is 1. The van der Waals surface area contributed by atoms with Crippen LogP contribution in [-0.2, 0) is 16.1 Å². The minimum absolute atomic E-state index is 0.0746. The Hall–Kier alpha value is -2.54. The van der Waals surface area contributed by atoms with Crippen molar-refractivity contribution in [2.24, 2.45) is 0 Å². The summed E-state index contributed by atoms with van der Waals surface area (Å²) < 4.78 is 7.34. The first kappa shape index (κ1) is 20.2. The average molecular weight is 401 g/mol. The zero-order valence-corrected chi connectivity index (χ0v) is 17.1. The van der Waals surface area contributed by atoms with Gasteiger partial charge in [-0.2, -0.15) is 0 Å². The maximum Gasteiger partial charge on any atom is 0.338 e. The number of ether oxygens (including phenoxy) is 1. The zero-order valence-electron chi connectivity index (χ0n) is 16.3. The van der Waals surface area contributed by atoms with Crippen LogP contribution in [0.1, 0.15) is 51.9 Å². The number of hydrogen-bond donors (Lipinski definition) is 1. The molecule has 0 fully saturated rings. The number of esters is 1. The topological polar surface area (TPSA) is 77.4 Å². The molecule has 0 bridgehead atoms. The summed E-state index contributed by atoms with van der Waals surface area (Å²) in [5.74, 6) is -0.174. The molecule has 148 valence electrons. The minimum atomic E-state index is -0.581. The minimum Gasteiger partial charge on any atom is -0.454 e. The zero-order chi connectivity index (χ0) is 20.3. The molecule has 1 aromatic carbocycles. The SMILES string of the molecule is CCCn1c(C)cc(C(=O)COC(=O)c2ccc3c(c2)NC(=O)CCS3)c1C. The molecule has 0 aliphatic carbocycles. The summed E-state index contributed by atoms with van der Waals surface area (Å²) >= 11 is 1.57. The van der Waals surface area contributed by atoms with Gasteiger partial charge >= 0.3 is 5.97 Å². The first-order chi connectivity index (χ1) is 13.4. The van der Waals surface area contributed by atoms with Gasteiger partial charge in [-0.15, -0.1) is 11.8 Å². The molecule has 6 nitrogen and oxygen atoms in total. The van der Waals surface area contributed by atoms with Gasteiger partial charge in [0.05, 0.1) is 11.3 Å². The van der Waals surface area contributed by atoms with Crippen LogP contribution in [0.4, 0.5) is 5.69 Å². The van der Waals surface area contributed by atoms with Gasteiger partial charge in [-0.1, -0.05) is 6.92 Å². The van der Waals surface area contributed by atoms with Gasteiger partial charge in [0.25, 0.3) is 0 Å². The number of amides is 1. The number of aryl methyl sites for hydroxylation is 1. The van der Waals surface area contributed by atoms with Gasteiger partial charge in [-0.25, -0.2) is 4.79 Å². The lowest BCUT2D eigenvalue weighted by Gasteiger charge is -2.09. The van der Waals surface area contributed by atoms with Crippen LogP contribution in [0.3, 0.4) is 0 Å². The summed E-state index contributed by atoms with van der Waals surface area (Å²) in [6.45, 7) is 6.50. The van der Waals surface area contributed by atoms with Crippen LogP contribution < -0.4 is 5.32 Å². The molecule has 2 aromatic rings. The van der Waals surface area contributed by atoms with Crippen LogP contribution in [0.2, 0.25) is 0 Å². The smallest absolute Gasteiger partial charge is 0.338 e. The van der Waals surface area contributed by atoms with Gasteiger partial charge in [0.15, 0.2) is 6.61 Å². The molecular weight excluding hydrogens is 376 g/mol. The van der Waals surface area contributed by atoms with Crippen molar-refractivity contribution < 1.29 is 19.1 Å². The van der Waals surface area contributed by atoms with E-state index in [1.54, 1.807) is 30.0 Å². The molecule has 1 aliphatic heterocycles. The van der Waals surface area contributed by atoms with Crippen molar-refractivity contribution in [3.05, 3.63) is 46.8 Å². The first-order valence-corrected chi connectivity index (χ1v) is 10.3. The summed E-state index contributed by atoms with van der Waals surface area (Å²) in [7, 11) is 0. The normalized spacial score (nSPS) is 13.5. The largest absolute Gasteiger partial charge is 0.454 e. The highest BCUT2D eigenvalue weighted by atomic mass is 32.2. The van der Waals surface area contributed by atoms with Crippen molar-refractivity contribution in [3.63, 3.8) is 0 Å². The summed E-state index contributed by atoms with van der Waals surface area (Å²) in [5.41, 5.74) is 3.42. The molecule has 0 unspecified atom stereocenters. The van der Waals surface area contributed by atoms with E-state index < -0.39 is 5.97 Å². The molecule has 0 saturated heterocycles. The first-order valence-electron chi connectivity index (χ1n) is 9.34. The summed E-state index contributed by atoms with van der Waals surface area (Å²) in [6, 6.07) is 6.90. The third-order valence-electron chi connectivity index (χ3n) is 4.73. The number of carbonyl (C=O) groups excluding carboxylic acids is 3. The Labute approximate surface area is 168 Å². The van der Waals surface area contributed by atoms with E-state index in [0.717, 1.165) is 29.2 Å². The number of thioether (sulfide) groups is 1. The maximum atomic E-state index is 12.5. The lowest BCUT2D eigenvalue weighted by molar-refractivity contribution is -0.115. The van der Waals surface area contributed by atoms with Crippen molar-refractivity contribution in [1.82, 2.24) is 4.57 Å². The second-order valence-electron chi connectivity index (χ2n) is 6.79.